The van der Waals surface area contributed by atoms with Gasteiger partial charge in [0.15, 0.2) is 0 Å². The number of carbonyl (C=O) groups excluding carboxylic acids is 1. The van der Waals surface area contributed by atoms with Crippen molar-refractivity contribution < 1.29 is 4.79 Å². The number of rotatable bonds is 7. The minimum Gasteiger partial charge on any atom is -0.347 e. The Bertz CT molecular complexity index is 757. The van der Waals surface area contributed by atoms with E-state index in [0.29, 0.717) is 0 Å². The first kappa shape index (κ1) is 19.6. The van der Waals surface area contributed by atoms with Crippen molar-refractivity contribution in [2.75, 3.05) is 32.7 Å². The van der Waals surface area contributed by atoms with Crippen LogP contribution in [0, 0.1) is 0 Å². The van der Waals surface area contributed by atoms with Crippen LogP contribution < -0.4 is 5.32 Å². The van der Waals surface area contributed by atoms with Gasteiger partial charge in [-0.15, -0.1) is 11.3 Å². The zero-order valence-corrected chi connectivity index (χ0v) is 17.3. The smallest absolute Gasteiger partial charge is 0.263 e. The minimum atomic E-state index is 0.0417. The maximum Gasteiger partial charge on any atom is 0.263 e. The molecule has 0 radical (unpaired) electrons. The number of nitrogens with zero attached hydrogens (tertiary/aromatic N) is 3. The summed E-state index contributed by atoms with van der Waals surface area (Å²) in [7, 11) is 0. The van der Waals surface area contributed by atoms with E-state index in [1.54, 1.807) is 17.5 Å². The SMILES string of the molecule is O=C(NC1CCCN(CCc2ccccc2)C1)c1cnc(CN2CCCC2)s1. The molecule has 6 heteroatoms. The molecule has 2 aliphatic rings. The third-order valence-corrected chi connectivity index (χ3v) is 6.72. The van der Waals surface area contributed by atoms with Gasteiger partial charge in [-0.2, -0.15) is 0 Å². The topological polar surface area (TPSA) is 48.5 Å². The summed E-state index contributed by atoms with van der Waals surface area (Å²) in [4.78, 5) is 22.8. The maximum absolute atomic E-state index is 12.7. The van der Waals surface area contributed by atoms with Crippen LogP contribution in [-0.2, 0) is 13.0 Å². The summed E-state index contributed by atoms with van der Waals surface area (Å²) in [6.07, 6.45) is 7.58. The fraction of sp³-hybridized carbons (Fsp3) is 0.545. The van der Waals surface area contributed by atoms with Gasteiger partial charge in [0, 0.05) is 19.1 Å². The average Bonchev–Trinajstić information content (AvgIpc) is 3.40. The number of piperidine rings is 1. The van der Waals surface area contributed by atoms with Crippen molar-refractivity contribution in [1.29, 1.82) is 0 Å². The lowest BCUT2D eigenvalue weighted by molar-refractivity contribution is 0.0908. The first-order chi connectivity index (χ1) is 13.8. The Balaban J connectivity index is 1.25. The molecule has 1 atom stereocenters. The van der Waals surface area contributed by atoms with E-state index < -0.39 is 0 Å². The fourth-order valence-electron chi connectivity index (χ4n) is 4.19. The molecule has 150 valence electrons. The van der Waals surface area contributed by atoms with Gasteiger partial charge in [0.05, 0.1) is 12.7 Å². The van der Waals surface area contributed by atoms with Gasteiger partial charge < -0.3 is 10.2 Å². The van der Waals surface area contributed by atoms with E-state index in [4.69, 9.17) is 0 Å². The van der Waals surface area contributed by atoms with E-state index in [0.717, 1.165) is 68.4 Å². The monoisotopic (exact) mass is 398 g/mol. The second-order valence-electron chi connectivity index (χ2n) is 7.95. The van der Waals surface area contributed by atoms with Gasteiger partial charge >= 0.3 is 0 Å². The van der Waals surface area contributed by atoms with Crippen LogP contribution in [0.15, 0.2) is 36.5 Å². The van der Waals surface area contributed by atoms with Crippen LogP contribution in [0.1, 0.15) is 45.9 Å². The number of hydrogen-bond donors (Lipinski definition) is 1. The first-order valence-corrected chi connectivity index (χ1v) is 11.3. The molecule has 4 rings (SSSR count). The Labute approximate surface area is 171 Å². The summed E-state index contributed by atoms with van der Waals surface area (Å²) in [5, 5.41) is 4.30. The number of thiazole rings is 1. The molecule has 2 saturated heterocycles. The Morgan fingerprint density at radius 1 is 1.11 bits per heavy atom. The fourth-order valence-corrected chi connectivity index (χ4v) is 5.05. The normalized spacial score (nSPS) is 21.1. The molecule has 0 bridgehead atoms. The van der Waals surface area contributed by atoms with E-state index in [2.05, 4.69) is 50.4 Å². The molecule has 1 unspecified atom stereocenters. The Morgan fingerprint density at radius 3 is 2.71 bits per heavy atom. The predicted molar refractivity (Wildman–Crippen MR) is 114 cm³/mol. The number of benzene rings is 1. The molecule has 2 fully saturated rings. The molecule has 0 spiro atoms. The standard InChI is InChI=1S/C22H30N4OS/c27-22(20-15-23-21(28-20)17-25-11-4-5-12-25)24-19-9-6-13-26(16-19)14-10-18-7-2-1-3-8-18/h1-3,7-8,15,19H,4-6,9-14,16-17H2,(H,24,27). The van der Waals surface area contributed by atoms with Crippen LogP contribution in [0.5, 0.6) is 0 Å². The number of carbonyl (C=O) groups is 1. The van der Waals surface area contributed by atoms with Crippen LogP contribution in [-0.4, -0.2) is 59.5 Å². The van der Waals surface area contributed by atoms with Crippen LogP contribution in [0.25, 0.3) is 0 Å². The van der Waals surface area contributed by atoms with Gasteiger partial charge in [-0.3, -0.25) is 9.69 Å². The summed E-state index contributed by atoms with van der Waals surface area (Å²) in [6, 6.07) is 10.9. The highest BCUT2D eigenvalue weighted by molar-refractivity contribution is 7.13. The van der Waals surface area contributed by atoms with E-state index in [1.807, 2.05) is 0 Å². The highest BCUT2D eigenvalue weighted by Gasteiger charge is 2.23. The molecule has 1 amide bonds. The third kappa shape index (κ3) is 5.40. The van der Waals surface area contributed by atoms with Crippen molar-refractivity contribution in [3.8, 4) is 0 Å². The molecule has 5 nitrogen and oxygen atoms in total. The quantitative estimate of drug-likeness (QED) is 0.778. The molecule has 2 aromatic rings. The lowest BCUT2D eigenvalue weighted by Crippen LogP contribution is -2.48. The van der Waals surface area contributed by atoms with Gasteiger partial charge in [-0.05, 0) is 57.3 Å². The number of aromatic nitrogens is 1. The lowest BCUT2D eigenvalue weighted by atomic mass is 10.0. The molecule has 28 heavy (non-hydrogen) atoms. The highest BCUT2D eigenvalue weighted by Crippen LogP contribution is 2.19. The van der Waals surface area contributed by atoms with E-state index >= 15 is 0 Å². The molecule has 2 aliphatic heterocycles. The number of nitrogens with one attached hydrogen (secondary N) is 1. The largest absolute Gasteiger partial charge is 0.347 e. The summed E-state index contributed by atoms with van der Waals surface area (Å²) >= 11 is 1.55. The highest BCUT2D eigenvalue weighted by atomic mass is 32.1. The molecule has 1 N–H and O–H groups in total. The van der Waals surface area contributed by atoms with Crippen molar-refractivity contribution in [1.82, 2.24) is 20.1 Å². The van der Waals surface area contributed by atoms with Crippen molar-refractivity contribution in [3.63, 3.8) is 0 Å². The minimum absolute atomic E-state index is 0.0417. The van der Waals surface area contributed by atoms with Crippen molar-refractivity contribution >= 4 is 17.2 Å². The Morgan fingerprint density at radius 2 is 1.89 bits per heavy atom. The third-order valence-electron chi connectivity index (χ3n) is 5.74. The van der Waals surface area contributed by atoms with Crippen molar-refractivity contribution in [3.05, 3.63) is 52.0 Å². The molecule has 3 heterocycles. The van der Waals surface area contributed by atoms with E-state index in [-0.39, 0.29) is 11.9 Å². The number of amides is 1. The predicted octanol–water partition coefficient (Wildman–Crippen LogP) is 3.18. The van der Waals surface area contributed by atoms with Crippen LogP contribution in [0.4, 0.5) is 0 Å². The lowest BCUT2D eigenvalue weighted by Gasteiger charge is -2.33. The zero-order valence-electron chi connectivity index (χ0n) is 16.5. The van der Waals surface area contributed by atoms with Gasteiger partial charge in [0.2, 0.25) is 0 Å². The van der Waals surface area contributed by atoms with Gasteiger partial charge in [-0.25, -0.2) is 4.98 Å². The van der Waals surface area contributed by atoms with Crippen LogP contribution in [0.2, 0.25) is 0 Å². The van der Waals surface area contributed by atoms with Crippen molar-refractivity contribution in [2.24, 2.45) is 0 Å². The van der Waals surface area contributed by atoms with Crippen LogP contribution in [0.3, 0.4) is 0 Å². The first-order valence-electron chi connectivity index (χ1n) is 10.5. The van der Waals surface area contributed by atoms with Gasteiger partial charge in [-0.1, -0.05) is 30.3 Å². The second-order valence-corrected chi connectivity index (χ2v) is 9.07. The molecular formula is C22H30N4OS. The summed E-state index contributed by atoms with van der Waals surface area (Å²) in [5.41, 5.74) is 1.38. The van der Waals surface area contributed by atoms with E-state index in [1.165, 1.54) is 18.4 Å². The summed E-state index contributed by atoms with van der Waals surface area (Å²) in [6.45, 7) is 6.31. The summed E-state index contributed by atoms with van der Waals surface area (Å²) in [5.74, 6) is 0.0417. The number of hydrogen-bond acceptors (Lipinski definition) is 5. The Kier molecular flexibility index (Phi) is 6.73. The molecule has 0 aliphatic carbocycles. The Hall–Kier alpha value is -1.76. The van der Waals surface area contributed by atoms with Gasteiger partial charge in [0.1, 0.15) is 9.88 Å². The molecule has 1 aromatic heterocycles. The average molecular weight is 399 g/mol. The molecular weight excluding hydrogens is 368 g/mol. The van der Waals surface area contributed by atoms with Crippen molar-refractivity contribution in [2.45, 2.75) is 44.7 Å². The van der Waals surface area contributed by atoms with Crippen LogP contribution >= 0.6 is 11.3 Å². The van der Waals surface area contributed by atoms with E-state index in [9.17, 15) is 4.79 Å². The number of likely N-dealkylation sites (tertiary alicyclic amines) is 2. The summed E-state index contributed by atoms with van der Waals surface area (Å²) < 4.78 is 0. The zero-order chi connectivity index (χ0) is 19.2. The molecule has 1 aromatic carbocycles. The second kappa shape index (κ2) is 9.63. The van der Waals surface area contributed by atoms with Gasteiger partial charge in [0.25, 0.3) is 5.91 Å². The maximum atomic E-state index is 12.7. The molecule has 0 saturated carbocycles.